The Kier molecular flexibility index (Phi) is 4.28. The van der Waals surface area contributed by atoms with Gasteiger partial charge in [0.05, 0.1) is 17.2 Å². The molecule has 2 aromatic rings. The molecule has 0 spiro atoms. The molecular weight excluding hydrogens is 264 g/mol. The summed E-state index contributed by atoms with van der Waals surface area (Å²) in [6, 6.07) is 7.76. The molecular formula is C16H20N4O. The normalized spacial score (nSPS) is 15.1. The minimum absolute atomic E-state index is 0.232. The zero-order chi connectivity index (χ0) is 14.5. The molecule has 5 heteroatoms. The number of nitrogens with one attached hydrogen (secondary N) is 1. The van der Waals surface area contributed by atoms with Gasteiger partial charge in [-0.2, -0.15) is 0 Å². The number of hydrogen-bond donors (Lipinski definition) is 1. The number of benzene rings is 1. The van der Waals surface area contributed by atoms with Crippen LogP contribution in [-0.2, 0) is 4.79 Å². The van der Waals surface area contributed by atoms with Gasteiger partial charge < -0.3 is 10.2 Å². The van der Waals surface area contributed by atoms with Crippen LogP contribution >= 0.6 is 0 Å². The minimum atomic E-state index is 0.232. The van der Waals surface area contributed by atoms with Crippen LogP contribution in [0.4, 0.5) is 5.82 Å². The Labute approximate surface area is 124 Å². The molecule has 5 nitrogen and oxygen atoms in total. The van der Waals surface area contributed by atoms with Crippen LogP contribution in [0.5, 0.6) is 0 Å². The van der Waals surface area contributed by atoms with E-state index in [-0.39, 0.29) is 5.91 Å². The van der Waals surface area contributed by atoms with Crippen LogP contribution in [0.1, 0.15) is 25.7 Å². The van der Waals surface area contributed by atoms with Crippen LogP contribution in [0.25, 0.3) is 11.0 Å². The van der Waals surface area contributed by atoms with Crippen LogP contribution in [0.2, 0.25) is 0 Å². The number of carbonyl (C=O) groups excluding carboxylic acids is 1. The summed E-state index contributed by atoms with van der Waals surface area (Å²) < 4.78 is 0. The number of piperidine rings is 1. The van der Waals surface area contributed by atoms with Gasteiger partial charge >= 0.3 is 0 Å². The molecule has 110 valence electrons. The van der Waals surface area contributed by atoms with E-state index in [0.29, 0.717) is 13.0 Å². The van der Waals surface area contributed by atoms with Crippen molar-refractivity contribution in [2.45, 2.75) is 25.7 Å². The van der Waals surface area contributed by atoms with Gasteiger partial charge in [0.15, 0.2) is 0 Å². The van der Waals surface area contributed by atoms with Crippen molar-refractivity contribution in [1.82, 2.24) is 14.9 Å². The maximum absolute atomic E-state index is 12.1. The number of anilines is 1. The summed E-state index contributed by atoms with van der Waals surface area (Å²) in [5.41, 5.74) is 1.75. The van der Waals surface area contributed by atoms with Gasteiger partial charge in [-0.1, -0.05) is 12.1 Å². The molecule has 2 heterocycles. The lowest BCUT2D eigenvalue weighted by Crippen LogP contribution is -2.36. The molecule has 1 saturated heterocycles. The third kappa shape index (κ3) is 3.48. The van der Waals surface area contributed by atoms with Gasteiger partial charge in [-0.25, -0.2) is 4.98 Å². The van der Waals surface area contributed by atoms with E-state index in [9.17, 15) is 4.79 Å². The van der Waals surface area contributed by atoms with Gasteiger partial charge in [0.1, 0.15) is 5.82 Å². The molecule has 0 bridgehead atoms. The van der Waals surface area contributed by atoms with Gasteiger partial charge in [0.25, 0.3) is 0 Å². The summed E-state index contributed by atoms with van der Waals surface area (Å²) >= 11 is 0. The number of nitrogens with zero attached hydrogens (tertiary/aromatic N) is 3. The first-order chi connectivity index (χ1) is 10.3. The Morgan fingerprint density at radius 1 is 1.14 bits per heavy atom. The maximum Gasteiger partial charge on any atom is 0.224 e. The predicted octanol–water partition coefficient (Wildman–Crippen LogP) is 2.44. The summed E-state index contributed by atoms with van der Waals surface area (Å²) in [5.74, 6) is 0.955. The van der Waals surface area contributed by atoms with Crippen molar-refractivity contribution in [3.05, 3.63) is 30.5 Å². The topological polar surface area (TPSA) is 58.1 Å². The van der Waals surface area contributed by atoms with Crippen molar-refractivity contribution in [3.8, 4) is 0 Å². The molecule has 1 N–H and O–H groups in total. The van der Waals surface area contributed by atoms with Crippen LogP contribution in [0.15, 0.2) is 30.5 Å². The molecule has 1 aliphatic heterocycles. The number of aromatic nitrogens is 2. The van der Waals surface area contributed by atoms with E-state index in [1.165, 1.54) is 6.42 Å². The molecule has 21 heavy (non-hydrogen) atoms. The van der Waals surface area contributed by atoms with Crippen molar-refractivity contribution in [1.29, 1.82) is 0 Å². The highest BCUT2D eigenvalue weighted by molar-refractivity contribution is 5.77. The highest BCUT2D eigenvalue weighted by Crippen LogP contribution is 2.12. The number of carbonyl (C=O) groups is 1. The summed E-state index contributed by atoms with van der Waals surface area (Å²) in [6.45, 7) is 2.42. The maximum atomic E-state index is 12.1. The zero-order valence-electron chi connectivity index (χ0n) is 12.1. The molecule has 1 fully saturated rings. The van der Waals surface area contributed by atoms with Gasteiger partial charge in [0, 0.05) is 26.1 Å². The number of rotatable bonds is 4. The second-order valence-corrected chi connectivity index (χ2v) is 5.36. The van der Waals surface area contributed by atoms with Crippen LogP contribution < -0.4 is 5.32 Å². The van der Waals surface area contributed by atoms with Crippen molar-refractivity contribution < 1.29 is 4.79 Å². The van der Waals surface area contributed by atoms with E-state index in [4.69, 9.17) is 0 Å². The number of amides is 1. The quantitative estimate of drug-likeness (QED) is 0.937. The highest BCUT2D eigenvalue weighted by atomic mass is 16.2. The third-order valence-corrected chi connectivity index (χ3v) is 3.80. The summed E-state index contributed by atoms with van der Waals surface area (Å²) in [7, 11) is 0. The van der Waals surface area contributed by atoms with Gasteiger partial charge in [-0.05, 0) is 31.4 Å². The lowest BCUT2D eigenvalue weighted by molar-refractivity contribution is -0.131. The van der Waals surface area contributed by atoms with Crippen LogP contribution in [0.3, 0.4) is 0 Å². The number of hydrogen-bond acceptors (Lipinski definition) is 4. The Hall–Kier alpha value is -2.17. The van der Waals surface area contributed by atoms with Crippen molar-refractivity contribution in [3.63, 3.8) is 0 Å². The second kappa shape index (κ2) is 6.52. The monoisotopic (exact) mass is 284 g/mol. The molecule has 0 saturated carbocycles. The molecule has 0 radical (unpaired) electrons. The number of fused-ring (bicyclic) bond motifs is 1. The van der Waals surface area contributed by atoms with Crippen LogP contribution in [0, 0.1) is 0 Å². The van der Waals surface area contributed by atoms with Crippen molar-refractivity contribution >= 4 is 22.8 Å². The summed E-state index contributed by atoms with van der Waals surface area (Å²) in [4.78, 5) is 22.9. The summed E-state index contributed by atoms with van der Waals surface area (Å²) in [5, 5.41) is 3.19. The first-order valence-corrected chi connectivity index (χ1v) is 7.56. The largest absolute Gasteiger partial charge is 0.368 e. The van der Waals surface area contributed by atoms with Gasteiger partial charge in [-0.3, -0.25) is 9.78 Å². The molecule has 0 unspecified atom stereocenters. The predicted molar refractivity (Wildman–Crippen MR) is 83.1 cm³/mol. The number of para-hydroxylation sites is 2. The second-order valence-electron chi connectivity index (χ2n) is 5.36. The van der Waals surface area contributed by atoms with Crippen molar-refractivity contribution in [2.24, 2.45) is 0 Å². The summed E-state index contributed by atoms with van der Waals surface area (Å²) in [6.07, 6.45) is 5.74. The van der Waals surface area contributed by atoms with E-state index < -0.39 is 0 Å². The van der Waals surface area contributed by atoms with E-state index in [1.807, 2.05) is 29.2 Å². The van der Waals surface area contributed by atoms with E-state index >= 15 is 0 Å². The Morgan fingerprint density at radius 2 is 1.90 bits per heavy atom. The lowest BCUT2D eigenvalue weighted by atomic mass is 10.1. The molecule has 1 amide bonds. The standard InChI is InChI=1S/C16H20N4O/c21-16(20-10-4-1-5-11-20)8-9-17-15-12-18-13-6-2-3-7-14(13)19-15/h2-3,6-7,12H,1,4-5,8-11H2,(H,17,19). The highest BCUT2D eigenvalue weighted by Gasteiger charge is 2.15. The van der Waals surface area contributed by atoms with E-state index in [1.54, 1.807) is 6.20 Å². The van der Waals surface area contributed by atoms with Gasteiger partial charge in [0.2, 0.25) is 5.91 Å². The Bertz CT molecular complexity index is 622. The Morgan fingerprint density at radius 3 is 2.71 bits per heavy atom. The average molecular weight is 284 g/mol. The smallest absolute Gasteiger partial charge is 0.224 e. The van der Waals surface area contributed by atoms with Gasteiger partial charge in [-0.15, -0.1) is 0 Å². The molecule has 1 aromatic carbocycles. The minimum Gasteiger partial charge on any atom is -0.368 e. The number of likely N-dealkylation sites (tertiary alicyclic amines) is 1. The van der Waals surface area contributed by atoms with E-state index in [0.717, 1.165) is 42.8 Å². The zero-order valence-corrected chi connectivity index (χ0v) is 12.1. The Balaban J connectivity index is 1.53. The molecule has 1 aromatic heterocycles. The fourth-order valence-electron chi connectivity index (χ4n) is 2.64. The van der Waals surface area contributed by atoms with Crippen LogP contribution in [-0.4, -0.2) is 40.4 Å². The molecule has 3 rings (SSSR count). The lowest BCUT2D eigenvalue weighted by Gasteiger charge is -2.26. The third-order valence-electron chi connectivity index (χ3n) is 3.80. The van der Waals surface area contributed by atoms with Crippen molar-refractivity contribution in [2.75, 3.05) is 25.0 Å². The molecule has 0 aliphatic carbocycles. The SMILES string of the molecule is O=C(CCNc1cnc2ccccc2n1)N1CCCCC1. The molecule has 0 atom stereocenters. The average Bonchev–Trinajstić information content (AvgIpc) is 2.55. The fraction of sp³-hybridized carbons (Fsp3) is 0.438. The fourth-order valence-corrected chi connectivity index (χ4v) is 2.64. The molecule has 1 aliphatic rings. The van der Waals surface area contributed by atoms with E-state index in [2.05, 4.69) is 15.3 Å². The first-order valence-electron chi connectivity index (χ1n) is 7.56. The first kappa shape index (κ1) is 13.8.